The second kappa shape index (κ2) is 8.02. The minimum atomic E-state index is -0.189. The number of carbonyl (C=O) groups excluding carboxylic acids is 2. The molecule has 1 aliphatic carbocycles. The number of likely N-dealkylation sites (tertiary alicyclic amines) is 1. The summed E-state index contributed by atoms with van der Waals surface area (Å²) in [7, 11) is 0. The van der Waals surface area contributed by atoms with Gasteiger partial charge in [0.1, 0.15) is 5.69 Å². The summed E-state index contributed by atoms with van der Waals surface area (Å²) in [6.45, 7) is 6.32. The molecule has 0 radical (unpaired) electrons. The maximum Gasteiger partial charge on any atom is 0.274 e. The number of carbonyl (C=O) groups is 2. The lowest BCUT2D eigenvalue weighted by Gasteiger charge is -2.27. The van der Waals surface area contributed by atoms with E-state index in [0.717, 1.165) is 44.5 Å². The van der Waals surface area contributed by atoms with Crippen LogP contribution < -0.4 is 5.32 Å². The predicted molar refractivity (Wildman–Crippen MR) is 134 cm³/mol. The highest BCUT2D eigenvalue weighted by Gasteiger charge is 2.54. The number of rotatable bonds is 5. The Labute approximate surface area is 205 Å². The van der Waals surface area contributed by atoms with Gasteiger partial charge in [0.25, 0.3) is 11.8 Å². The van der Waals surface area contributed by atoms with E-state index in [4.69, 9.17) is 0 Å². The van der Waals surface area contributed by atoms with Crippen LogP contribution in [0.2, 0.25) is 0 Å². The third-order valence-electron chi connectivity index (χ3n) is 6.88. The van der Waals surface area contributed by atoms with Crippen molar-refractivity contribution in [3.63, 3.8) is 0 Å². The van der Waals surface area contributed by atoms with Gasteiger partial charge in [0.15, 0.2) is 10.7 Å². The van der Waals surface area contributed by atoms with E-state index in [1.807, 2.05) is 46.9 Å². The molecule has 174 valence electrons. The fourth-order valence-electron chi connectivity index (χ4n) is 5.14. The van der Waals surface area contributed by atoms with Crippen molar-refractivity contribution in [2.75, 3.05) is 6.54 Å². The van der Waals surface area contributed by atoms with Crippen molar-refractivity contribution in [1.29, 1.82) is 0 Å². The van der Waals surface area contributed by atoms with Gasteiger partial charge in [0, 0.05) is 24.2 Å². The van der Waals surface area contributed by atoms with Gasteiger partial charge < -0.3 is 10.2 Å². The van der Waals surface area contributed by atoms with E-state index < -0.39 is 0 Å². The zero-order valence-electron chi connectivity index (χ0n) is 19.2. The molecule has 4 aromatic rings. The van der Waals surface area contributed by atoms with Crippen molar-refractivity contribution in [1.82, 2.24) is 24.6 Å². The average Bonchev–Trinajstić information content (AvgIpc) is 3.19. The minimum absolute atomic E-state index is 0.0243. The summed E-state index contributed by atoms with van der Waals surface area (Å²) in [6.07, 6.45) is 3.87. The highest BCUT2D eigenvalue weighted by molar-refractivity contribution is 7.15. The first-order valence-electron chi connectivity index (χ1n) is 11.5. The minimum Gasteiger partial charge on any atom is -0.349 e. The molecule has 0 unspecified atom stereocenters. The number of aromatic nitrogens is 3. The van der Waals surface area contributed by atoms with E-state index in [0.29, 0.717) is 23.9 Å². The lowest BCUT2D eigenvalue weighted by molar-refractivity contribution is 0.0684. The molecule has 34 heavy (non-hydrogen) atoms. The molecule has 0 bridgehead atoms. The number of thiazole rings is 2. The molecule has 3 aromatic heterocycles. The SMILES string of the molecule is Cc1cccc(-c2sc(C)nc2C(=O)N2[C@H](CNC(=O)c3nc4sccn4c3C)C[C@@H]3C[C@@H]32)c1. The number of nitrogens with zero attached hydrogens (tertiary/aromatic N) is 4. The van der Waals surface area contributed by atoms with Crippen LogP contribution in [0, 0.1) is 26.7 Å². The molecule has 2 aliphatic rings. The summed E-state index contributed by atoms with van der Waals surface area (Å²) in [5.41, 5.74) is 3.99. The number of hydrogen-bond donors (Lipinski definition) is 1. The van der Waals surface area contributed by atoms with Crippen LogP contribution in [0.3, 0.4) is 0 Å². The van der Waals surface area contributed by atoms with Crippen LogP contribution in [0.25, 0.3) is 15.4 Å². The second-order valence-corrected chi connectivity index (χ2v) is 11.3. The van der Waals surface area contributed by atoms with Gasteiger partial charge in [-0.15, -0.1) is 22.7 Å². The van der Waals surface area contributed by atoms with E-state index >= 15 is 0 Å². The van der Waals surface area contributed by atoms with E-state index in [1.165, 1.54) is 11.3 Å². The van der Waals surface area contributed by atoms with Crippen LogP contribution in [-0.2, 0) is 0 Å². The standard InChI is InChI=1S/C25H25N5O2S2/c1-13-5-4-6-16(9-13)22-21(27-15(3)34-22)24(32)30-18(10-17-11-19(17)30)12-26-23(31)20-14(2)29-7-8-33-25(29)28-20/h4-9,17-19H,10-12H2,1-3H3,(H,26,31)/t17-,18+,19+/m1/s1. The topological polar surface area (TPSA) is 79.6 Å². The van der Waals surface area contributed by atoms with Crippen LogP contribution in [-0.4, -0.2) is 49.7 Å². The monoisotopic (exact) mass is 491 g/mol. The molecule has 1 saturated carbocycles. The molecule has 1 aliphatic heterocycles. The van der Waals surface area contributed by atoms with Gasteiger partial charge in [0.2, 0.25) is 0 Å². The van der Waals surface area contributed by atoms with Crippen LogP contribution >= 0.6 is 22.7 Å². The number of fused-ring (bicyclic) bond motifs is 2. The van der Waals surface area contributed by atoms with Gasteiger partial charge >= 0.3 is 0 Å². The Morgan fingerprint density at radius 2 is 2.00 bits per heavy atom. The van der Waals surface area contributed by atoms with Crippen molar-refractivity contribution in [3.8, 4) is 10.4 Å². The molecular formula is C25H25N5O2S2. The molecule has 3 atom stereocenters. The summed E-state index contributed by atoms with van der Waals surface area (Å²) in [5, 5.41) is 5.88. The second-order valence-electron chi connectivity index (χ2n) is 9.26. The molecule has 0 spiro atoms. The normalized spacial score (nSPS) is 21.1. The lowest BCUT2D eigenvalue weighted by Crippen LogP contribution is -2.45. The fourth-order valence-corrected chi connectivity index (χ4v) is 6.81. The largest absolute Gasteiger partial charge is 0.349 e. The van der Waals surface area contributed by atoms with E-state index in [1.54, 1.807) is 11.3 Å². The Hall–Kier alpha value is -3.04. The zero-order valence-corrected chi connectivity index (χ0v) is 20.9. The third-order valence-corrected chi connectivity index (χ3v) is 8.65. The Kier molecular flexibility index (Phi) is 5.07. The van der Waals surface area contributed by atoms with Crippen molar-refractivity contribution < 1.29 is 9.59 Å². The third kappa shape index (κ3) is 3.54. The summed E-state index contributed by atoms with van der Waals surface area (Å²) < 4.78 is 1.93. The van der Waals surface area contributed by atoms with Gasteiger partial charge in [-0.1, -0.05) is 29.8 Å². The maximum absolute atomic E-state index is 13.8. The molecule has 1 N–H and O–H groups in total. The van der Waals surface area contributed by atoms with Gasteiger partial charge in [-0.25, -0.2) is 9.97 Å². The molecule has 1 saturated heterocycles. The highest BCUT2D eigenvalue weighted by atomic mass is 32.1. The fraction of sp³-hybridized carbons (Fsp3) is 0.360. The van der Waals surface area contributed by atoms with Gasteiger partial charge in [-0.05, 0) is 45.1 Å². The summed E-state index contributed by atoms with van der Waals surface area (Å²) in [6, 6.07) is 8.43. The Balaban J connectivity index is 1.23. The highest BCUT2D eigenvalue weighted by Crippen LogP contribution is 2.48. The molecule has 2 amide bonds. The first kappa shape index (κ1) is 21.5. The average molecular weight is 492 g/mol. The van der Waals surface area contributed by atoms with Crippen molar-refractivity contribution >= 4 is 39.4 Å². The number of hydrogen-bond acceptors (Lipinski definition) is 6. The van der Waals surface area contributed by atoms with Crippen LogP contribution in [0.1, 0.15) is 50.1 Å². The lowest BCUT2D eigenvalue weighted by atomic mass is 10.1. The number of amides is 2. The molecule has 7 nitrogen and oxygen atoms in total. The molecule has 2 fully saturated rings. The Morgan fingerprint density at radius 3 is 2.79 bits per heavy atom. The van der Waals surface area contributed by atoms with E-state index in [2.05, 4.69) is 34.3 Å². The quantitative estimate of drug-likeness (QED) is 0.447. The summed E-state index contributed by atoms with van der Waals surface area (Å²) in [5.74, 6) is 0.308. The van der Waals surface area contributed by atoms with Gasteiger partial charge in [0.05, 0.1) is 21.6 Å². The smallest absolute Gasteiger partial charge is 0.274 e. The summed E-state index contributed by atoms with van der Waals surface area (Å²) in [4.78, 5) is 39.5. The van der Waals surface area contributed by atoms with E-state index in [-0.39, 0.29) is 23.9 Å². The van der Waals surface area contributed by atoms with Crippen LogP contribution in [0.15, 0.2) is 35.8 Å². The Bertz CT molecular complexity index is 1430. The number of imidazole rings is 1. The Morgan fingerprint density at radius 1 is 1.15 bits per heavy atom. The number of nitrogens with one attached hydrogen (secondary N) is 1. The predicted octanol–water partition coefficient (Wildman–Crippen LogP) is 4.48. The van der Waals surface area contributed by atoms with Gasteiger partial charge in [-0.3, -0.25) is 14.0 Å². The van der Waals surface area contributed by atoms with Crippen LogP contribution in [0.4, 0.5) is 0 Å². The van der Waals surface area contributed by atoms with Crippen molar-refractivity contribution in [3.05, 3.63) is 63.5 Å². The molecule has 6 rings (SSSR count). The number of aryl methyl sites for hydroxylation is 3. The molecule has 9 heteroatoms. The molecule has 1 aromatic carbocycles. The number of benzene rings is 1. The molecular weight excluding hydrogens is 466 g/mol. The molecule has 4 heterocycles. The maximum atomic E-state index is 13.8. The van der Waals surface area contributed by atoms with Crippen molar-refractivity contribution in [2.24, 2.45) is 5.92 Å². The van der Waals surface area contributed by atoms with Gasteiger partial charge in [-0.2, -0.15) is 0 Å². The first-order valence-corrected chi connectivity index (χ1v) is 13.2. The zero-order chi connectivity index (χ0) is 23.6. The van der Waals surface area contributed by atoms with E-state index in [9.17, 15) is 9.59 Å². The van der Waals surface area contributed by atoms with Crippen molar-refractivity contribution in [2.45, 2.75) is 45.7 Å². The number of piperidine rings is 1. The first-order chi connectivity index (χ1) is 16.4. The summed E-state index contributed by atoms with van der Waals surface area (Å²) >= 11 is 3.07. The van der Waals surface area contributed by atoms with Crippen LogP contribution in [0.5, 0.6) is 0 Å².